The monoisotopic (exact) mass is 255 g/mol. The molecular formula is C15H10ClNO. The van der Waals surface area contributed by atoms with Gasteiger partial charge in [0.15, 0.2) is 0 Å². The fraction of sp³-hybridized carbons (Fsp3) is 0. The molecule has 0 atom stereocenters. The molecule has 0 spiro atoms. The summed E-state index contributed by atoms with van der Waals surface area (Å²) in [5.41, 5.74) is 2.10. The van der Waals surface area contributed by atoms with Crippen molar-refractivity contribution in [1.29, 1.82) is 0 Å². The van der Waals surface area contributed by atoms with Crippen LogP contribution in [0.4, 0.5) is 0 Å². The van der Waals surface area contributed by atoms with E-state index in [1.807, 2.05) is 47.0 Å². The average molecular weight is 256 g/mol. The summed E-state index contributed by atoms with van der Waals surface area (Å²) >= 11 is 6.14. The molecule has 0 radical (unpaired) electrons. The van der Waals surface area contributed by atoms with Crippen LogP contribution in [0.25, 0.3) is 5.52 Å². The Bertz CT molecular complexity index is 716. The van der Waals surface area contributed by atoms with Crippen molar-refractivity contribution >= 4 is 22.9 Å². The van der Waals surface area contributed by atoms with Crippen LogP contribution in [0.2, 0.25) is 5.02 Å². The molecule has 1 aromatic carbocycles. The first kappa shape index (κ1) is 11.1. The first-order chi connectivity index (χ1) is 8.77. The maximum Gasteiger partial charge on any atom is 0.209 e. The Morgan fingerprint density at radius 2 is 1.72 bits per heavy atom. The summed E-state index contributed by atoms with van der Waals surface area (Å²) in [6.45, 7) is 0. The number of rotatable bonds is 2. The summed E-state index contributed by atoms with van der Waals surface area (Å²) in [7, 11) is 0. The van der Waals surface area contributed by atoms with Crippen LogP contribution in [0, 0.1) is 0 Å². The molecule has 0 unspecified atom stereocenters. The Labute approximate surface area is 109 Å². The molecule has 0 saturated heterocycles. The molecule has 0 saturated carbocycles. The lowest BCUT2D eigenvalue weighted by Crippen LogP contribution is -2.04. The number of ketones is 1. The van der Waals surface area contributed by atoms with Crippen LogP contribution in [-0.4, -0.2) is 10.2 Å². The van der Waals surface area contributed by atoms with E-state index in [4.69, 9.17) is 11.6 Å². The minimum atomic E-state index is -0.0244. The van der Waals surface area contributed by atoms with Gasteiger partial charge in [0.1, 0.15) is 0 Å². The summed E-state index contributed by atoms with van der Waals surface area (Å²) < 4.78 is 1.82. The van der Waals surface area contributed by atoms with Crippen molar-refractivity contribution in [1.82, 2.24) is 4.40 Å². The van der Waals surface area contributed by atoms with Gasteiger partial charge in [0.05, 0.1) is 16.2 Å². The highest BCUT2D eigenvalue weighted by molar-refractivity contribution is 6.34. The summed E-state index contributed by atoms with van der Waals surface area (Å²) in [6.07, 6.45) is 1.84. The topological polar surface area (TPSA) is 21.5 Å². The van der Waals surface area contributed by atoms with E-state index in [9.17, 15) is 4.79 Å². The van der Waals surface area contributed by atoms with Gasteiger partial charge < -0.3 is 4.40 Å². The van der Waals surface area contributed by atoms with Crippen molar-refractivity contribution in [2.24, 2.45) is 0 Å². The lowest BCUT2D eigenvalue weighted by molar-refractivity contribution is 0.103. The third-order valence-corrected chi connectivity index (χ3v) is 3.20. The highest BCUT2D eigenvalue weighted by atomic mass is 35.5. The van der Waals surface area contributed by atoms with Crippen LogP contribution in [0.3, 0.4) is 0 Å². The van der Waals surface area contributed by atoms with Crippen molar-refractivity contribution in [2.45, 2.75) is 0 Å². The van der Waals surface area contributed by atoms with Gasteiger partial charge in [-0.05, 0) is 18.2 Å². The van der Waals surface area contributed by atoms with Crippen LogP contribution >= 0.6 is 11.6 Å². The number of carbonyl (C=O) groups excluding carboxylic acids is 1. The largest absolute Gasteiger partial charge is 0.312 e. The van der Waals surface area contributed by atoms with E-state index < -0.39 is 0 Å². The second-order valence-corrected chi connectivity index (χ2v) is 4.44. The Morgan fingerprint density at radius 3 is 2.50 bits per heavy atom. The zero-order valence-electron chi connectivity index (χ0n) is 9.51. The van der Waals surface area contributed by atoms with Gasteiger partial charge in [-0.15, -0.1) is 0 Å². The van der Waals surface area contributed by atoms with Crippen LogP contribution in [-0.2, 0) is 0 Å². The third-order valence-electron chi connectivity index (χ3n) is 2.90. The number of halogens is 1. The molecule has 18 heavy (non-hydrogen) atoms. The first-order valence-electron chi connectivity index (χ1n) is 5.63. The molecule has 88 valence electrons. The molecule has 0 N–H and O–H groups in total. The van der Waals surface area contributed by atoms with Gasteiger partial charge in [-0.25, -0.2) is 0 Å². The number of hydrogen-bond acceptors (Lipinski definition) is 1. The van der Waals surface area contributed by atoms with E-state index in [2.05, 4.69) is 0 Å². The number of nitrogens with zero attached hydrogens (tertiary/aromatic N) is 1. The molecule has 0 amide bonds. The van der Waals surface area contributed by atoms with Gasteiger partial charge in [0, 0.05) is 11.8 Å². The quantitative estimate of drug-likeness (QED) is 0.638. The standard InChI is InChI=1S/C15H10ClNO/c16-12-10-14(17-9-5-4-8-13(12)17)15(18)11-6-2-1-3-7-11/h1-10H. The van der Waals surface area contributed by atoms with Gasteiger partial charge in [0.2, 0.25) is 5.78 Å². The fourth-order valence-corrected chi connectivity index (χ4v) is 2.28. The Kier molecular flexibility index (Phi) is 2.65. The molecular weight excluding hydrogens is 246 g/mol. The number of carbonyl (C=O) groups is 1. The maximum atomic E-state index is 12.4. The minimum Gasteiger partial charge on any atom is -0.312 e. The molecule has 3 rings (SSSR count). The Morgan fingerprint density at radius 1 is 1.00 bits per heavy atom. The molecule has 0 aliphatic rings. The first-order valence-corrected chi connectivity index (χ1v) is 6.00. The normalized spacial score (nSPS) is 10.7. The summed E-state index contributed by atoms with van der Waals surface area (Å²) in [6, 6.07) is 16.6. The molecule has 0 fully saturated rings. The second kappa shape index (κ2) is 4.31. The van der Waals surface area contributed by atoms with Crippen molar-refractivity contribution in [3.63, 3.8) is 0 Å². The molecule has 2 aromatic heterocycles. The number of benzene rings is 1. The van der Waals surface area contributed by atoms with Gasteiger partial charge in [-0.1, -0.05) is 48.0 Å². The highest BCUT2D eigenvalue weighted by Gasteiger charge is 2.15. The van der Waals surface area contributed by atoms with Crippen LogP contribution in [0.15, 0.2) is 60.8 Å². The van der Waals surface area contributed by atoms with Crippen LogP contribution < -0.4 is 0 Å². The lowest BCUT2D eigenvalue weighted by Gasteiger charge is -2.01. The van der Waals surface area contributed by atoms with Crippen LogP contribution in [0.5, 0.6) is 0 Å². The van der Waals surface area contributed by atoms with Gasteiger partial charge >= 0.3 is 0 Å². The Hall–Kier alpha value is -2.06. The number of hydrogen-bond donors (Lipinski definition) is 0. The Balaban J connectivity index is 2.19. The smallest absolute Gasteiger partial charge is 0.209 e. The molecule has 0 aliphatic heterocycles. The molecule has 0 bridgehead atoms. The van der Waals surface area contributed by atoms with E-state index in [0.29, 0.717) is 16.3 Å². The number of pyridine rings is 1. The van der Waals surface area contributed by atoms with Crippen molar-refractivity contribution < 1.29 is 4.79 Å². The van der Waals surface area contributed by atoms with E-state index in [1.165, 1.54) is 0 Å². The zero-order valence-corrected chi connectivity index (χ0v) is 10.3. The highest BCUT2D eigenvalue weighted by Crippen LogP contribution is 2.23. The third kappa shape index (κ3) is 1.71. The molecule has 3 aromatic rings. The lowest BCUT2D eigenvalue weighted by atomic mass is 10.1. The van der Waals surface area contributed by atoms with Crippen LogP contribution in [0.1, 0.15) is 16.1 Å². The van der Waals surface area contributed by atoms with E-state index in [0.717, 1.165) is 5.52 Å². The molecule has 2 heterocycles. The summed E-state index contributed by atoms with van der Waals surface area (Å²) in [5.74, 6) is -0.0244. The SMILES string of the molecule is O=C(c1ccccc1)c1cc(Cl)c2ccccn12. The van der Waals surface area contributed by atoms with Gasteiger partial charge in [-0.3, -0.25) is 4.79 Å². The van der Waals surface area contributed by atoms with Crippen molar-refractivity contribution in [3.05, 3.63) is 77.1 Å². The summed E-state index contributed by atoms with van der Waals surface area (Å²) in [5, 5.41) is 0.592. The predicted molar refractivity (Wildman–Crippen MR) is 72.3 cm³/mol. The van der Waals surface area contributed by atoms with Crippen molar-refractivity contribution in [3.8, 4) is 0 Å². The fourth-order valence-electron chi connectivity index (χ4n) is 2.02. The van der Waals surface area contributed by atoms with Crippen molar-refractivity contribution in [2.75, 3.05) is 0 Å². The average Bonchev–Trinajstić information content (AvgIpc) is 2.77. The van der Waals surface area contributed by atoms with E-state index in [-0.39, 0.29) is 5.78 Å². The van der Waals surface area contributed by atoms with E-state index in [1.54, 1.807) is 18.2 Å². The molecule has 2 nitrogen and oxygen atoms in total. The summed E-state index contributed by atoms with van der Waals surface area (Å²) in [4.78, 5) is 12.4. The molecule has 3 heteroatoms. The second-order valence-electron chi connectivity index (χ2n) is 4.03. The predicted octanol–water partition coefficient (Wildman–Crippen LogP) is 3.82. The number of fused-ring (bicyclic) bond motifs is 1. The molecule has 0 aliphatic carbocycles. The van der Waals surface area contributed by atoms with Gasteiger partial charge in [0.25, 0.3) is 0 Å². The maximum absolute atomic E-state index is 12.4. The minimum absolute atomic E-state index is 0.0244. The zero-order chi connectivity index (χ0) is 12.5. The van der Waals surface area contributed by atoms with E-state index >= 15 is 0 Å². The van der Waals surface area contributed by atoms with Gasteiger partial charge in [-0.2, -0.15) is 0 Å². The number of aromatic nitrogens is 1.